The lowest BCUT2D eigenvalue weighted by Gasteiger charge is -2.21. The van der Waals surface area contributed by atoms with Crippen molar-refractivity contribution in [1.29, 1.82) is 0 Å². The Labute approximate surface area is 244 Å². The molecule has 2 atom stereocenters. The minimum Gasteiger partial charge on any atom is -0.493 e. The molecule has 3 aromatic rings. The molecule has 42 heavy (non-hydrogen) atoms. The Bertz CT molecular complexity index is 1410. The Hall–Kier alpha value is -4.54. The molecule has 220 valence electrons. The van der Waals surface area contributed by atoms with E-state index in [2.05, 4.69) is 15.7 Å². The molecular formula is C31H35N5O6. The average molecular weight is 574 g/mol. The summed E-state index contributed by atoms with van der Waals surface area (Å²) in [7, 11) is 0. The highest BCUT2D eigenvalue weighted by Gasteiger charge is 2.38. The van der Waals surface area contributed by atoms with E-state index in [0.29, 0.717) is 74.4 Å². The van der Waals surface area contributed by atoms with Gasteiger partial charge in [-0.05, 0) is 61.1 Å². The Morgan fingerprint density at radius 2 is 1.93 bits per heavy atom. The van der Waals surface area contributed by atoms with E-state index in [0.717, 1.165) is 18.4 Å². The van der Waals surface area contributed by atoms with Crippen LogP contribution in [0.5, 0.6) is 17.2 Å². The van der Waals surface area contributed by atoms with Crippen LogP contribution in [0.4, 0.5) is 0 Å². The SMILES string of the molecule is O=C1COc2cc(OCC3CC3)cc(c2)C(=O)N[C@H]2CN(C(=O)CCCn3cccn3)C[C@@H]2Oc2ccc(cc2)CN1. The lowest BCUT2D eigenvalue weighted by molar-refractivity contribution is -0.130. The summed E-state index contributed by atoms with van der Waals surface area (Å²) in [5.74, 6) is 1.41. The minimum atomic E-state index is -0.449. The summed E-state index contributed by atoms with van der Waals surface area (Å²) in [5.41, 5.74) is 1.25. The maximum atomic E-state index is 13.6. The van der Waals surface area contributed by atoms with Crippen LogP contribution in [0.1, 0.15) is 41.6 Å². The van der Waals surface area contributed by atoms with Crippen molar-refractivity contribution in [2.45, 2.75) is 50.9 Å². The maximum Gasteiger partial charge on any atom is 0.258 e. The highest BCUT2D eigenvalue weighted by Crippen LogP contribution is 2.31. The molecule has 1 saturated heterocycles. The second-order valence-electron chi connectivity index (χ2n) is 11.1. The summed E-state index contributed by atoms with van der Waals surface area (Å²) in [6, 6.07) is 13.8. The van der Waals surface area contributed by atoms with Crippen LogP contribution in [0.2, 0.25) is 0 Å². The number of ether oxygens (including phenoxy) is 3. The number of nitrogens with zero attached hydrogens (tertiary/aromatic N) is 3. The highest BCUT2D eigenvalue weighted by atomic mass is 16.5. The first kappa shape index (κ1) is 27.6. The second kappa shape index (κ2) is 12.5. The number of benzene rings is 2. The number of nitrogens with one attached hydrogen (secondary N) is 2. The minimum absolute atomic E-state index is 0.00638. The summed E-state index contributed by atoms with van der Waals surface area (Å²) in [4.78, 5) is 40.9. The molecule has 1 saturated carbocycles. The number of likely N-dealkylation sites (tertiary alicyclic amines) is 1. The van der Waals surface area contributed by atoms with E-state index in [9.17, 15) is 14.4 Å². The first-order valence-electron chi connectivity index (χ1n) is 14.5. The summed E-state index contributed by atoms with van der Waals surface area (Å²) >= 11 is 0. The van der Waals surface area contributed by atoms with E-state index in [1.54, 1.807) is 34.0 Å². The van der Waals surface area contributed by atoms with Gasteiger partial charge in [-0.25, -0.2) is 0 Å². The normalized spacial score (nSPS) is 20.5. The van der Waals surface area contributed by atoms with E-state index in [1.807, 2.05) is 36.5 Å². The molecular weight excluding hydrogens is 538 g/mol. The standard InChI is InChI=1S/C31H35N5O6/c37-29-20-41-26-14-23(13-25(15-26)40-19-22-4-5-22)31(39)34-27-17-35(30(38)3-1-11-36-12-2-10-33-36)18-28(27)42-24-8-6-21(7-9-24)16-32-29/h2,6-10,12-15,22,27-28H,1,3-5,11,16-20H2,(H,32,37)(H,34,39)/t27-,28-/m0/s1. The van der Waals surface area contributed by atoms with Gasteiger partial charge in [0.05, 0.1) is 19.2 Å². The lowest BCUT2D eigenvalue weighted by atomic mass is 10.1. The molecule has 11 heteroatoms. The van der Waals surface area contributed by atoms with E-state index in [-0.39, 0.29) is 24.3 Å². The van der Waals surface area contributed by atoms with E-state index < -0.39 is 12.1 Å². The highest BCUT2D eigenvalue weighted by molar-refractivity contribution is 5.95. The van der Waals surface area contributed by atoms with Crippen LogP contribution in [0, 0.1) is 5.92 Å². The van der Waals surface area contributed by atoms with Crippen LogP contribution in [-0.4, -0.2) is 70.9 Å². The number of aromatic nitrogens is 2. The number of amides is 3. The molecule has 4 heterocycles. The fourth-order valence-electron chi connectivity index (χ4n) is 5.10. The molecule has 0 unspecified atom stereocenters. The van der Waals surface area contributed by atoms with Crippen LogP contribution in [0.25, 0.3) is 0 Å². The molecule has 1 aromatic heterocycles. The lowest BCUT2D eigenvalue weighted by Crippen LogP contribution is -2.45. The van der Waals surface area contributed by atoms with Crippen molar-refractivity contribution in [3.8, 4) is 17.2 Å². The van der Waals surface area contributed by atoms with Gasteiger partial charge in [-0.3, -0.25) is 19.1 Å². The third-order valence-corrected chi connectivity index (χ3v) is 7.67. The molecule has 4 bridgehead atoms. The van der Waals surface area contributed by atoms with Crippen molar-refractivity contribution in [2.75, 3.05) is 26.3 Å². The van der Waals surface area contributed by atoms with Crippen LogP contribution in [-0.2, 0) is 22.7 Å². The second-order valence-corrected chi connectivity index (χ2v) is 11.1. The van der Waals surface area contributed by atoms with E-state index >= 15 is 0 Å². The molecule has 4 aliphatic rings. The number of aryl methyl sites for hydroxylation is 1. The molecule has 7 rings (SSSR count). The van der Waals surface area contributed by atoms with Crippen molar-refractivity contribution in [3.63, 3.8) is 0 Å². The first-order chi connectivity index (χ1) is 20.5. The third-order valence-electron chi connectivity index (χ3n) is 7.67. The first-order valence-corrected chi connectivity index (χ1v) is 14.5. The molecule has 0 radical (unpaired) electrons. The monoisotopic (exact) mass is 573 g/mol. The topological polar surface area (TPSA) is 124 Å². The Kier molecular flexibility index (Phi) is 8.25. The van der Waals surface area contributed by atoms with Gasteiger partial charge in [0.25, 0.3) is 11.8 Å². The predicted molar refractivity (Wildman–Crippen MR) is 152 cm³/mol. The Morgan fingerprint density at radius 3 is 2.71 bits per heavy atom. The molecule has 2 aromatic carbocycles. The maximum absolute atomic E-state index is 13.6. The number of carbonyl (C=O) groups is 3. The summed E-state index contributed by atoms with van der Waals surface area (Å²) < 4.78 is 19.8. The van der Waals surface area contributed by atoms with Gasteiger partial charge in [-0.1, -0.05) is 12.1 Å². The fourth-order valence-corrected chi connectivity index (χ4v) is 5.10. The zero-order valence-electron chi connectivity index (χ0n) is 23.4. The Morgan fingerprint density at radius 1 is 1.07 bits per heavy atom. The molecule has 3 aliphatic heterocycles. The molecule has 2 N–H and O–H groups in total. The fraction of sp³-hybridized carbons (Fsp3) is 0.419. The molecule has 3 amide bonds. The van der Waals surface area contributed by atoms with Crippen LogP contribution < -0.4 is 24.8 Å². The van der Waals surface area contributed by atoms with Gasteiger partial charge >= 0.3 is 0 Å². The zero-order chi connectivity index (χ0) is 28.9. The number of carbonyl (C=O) groups excluding carboxylic acids is 3. The molecule has 0 spiro atoms. The largest absolute Gasteiger partial charge is 0.493 e. The van der Waals surface area contributed by atoms with Crippen LogP contribution >= 0.6 is 0 Å². The summed E-state index contributed by atoms with van der Waals surface area (Å²) in [5, 5.41) is 10.1. The van der Waals surface area contributed by atoms with Crippen LogP contribution in [0.3, 0.4) is 0 Å². The van der Waals surface area contributed by atoms with E-state index in [1.165, 1.54) is 0 Å². The summed E-state index contributed by atoms with van der Waals surface area (Å²) in [6.45, 7) is 2.04. The molecule has 2 fully saturated rings. The molecule has 11 nitrogen and oxygen atoms in total. The van der Waals surface area contributed by atoms with Crippen molar-refractivity contribution in [2.24, 2.45) is 5.92 Å². The third kappa shape index (κ3) is 7.20. The van der Waals surface area contributed by atoms with Crippen molar-refractivity contribution in [3.05, 3.63) is 72.1 Å². The number of fused-ring (bicyclic) bond motifs is 7. The van der Waals surface area contributed by atoms with Crippen LogP contribution in [0.15, 0.2) is 60.9 Å². The van der Waals surface area contributed by atoms with E-state index in [4.69, 9.17) is 14.2 Å². The van der Waals surface area contributed by atoms with Gasteiger partial charge in [-0.15, -0.1) is 0 Å². The Balaban J connectivity index is 1.21. The number of rotatable bonds is 7. The zero-order valence-corrected chi connectivity index (χ0v) is 23.4. The van der Waals surface area contributed by atoms with Gasteiger partial charge in [-0.2, -0.15) is 5.10 Å². The number of hydrogen-bond acceptors (Lipinski definition) is 7. The van der Waals surface area contributed by atoms with Gasteiger partial charge in [0.1, 0.15) is 23.4 Å². The van der Waals surface area contributed by atoms with Crippen molar-refractivity contribution < 1.29 is 28.6 Å². The smallest absolute Gasteiger partial charge is 0.258 e. The summed E-state index contributed by atoms with van der Waals surface area (Å²) in [6.07, 6.45) is 6.44. The average Bonchev–Trinajstić information content (AvgIpc) is 3.53. The van der Waals surface area contributed by atoms with Gasteiger partial charge in [0.15, 0.2) is 6.61 Å². The quantitative estimate of drug-likeness (QED) is 0.445. The number of hydrogen-bond donors (Lipinski definition) is 2. The van der Waals surface area contributed by atoms with Crippen molar-refractivity contribution in [1.82, 2.24) is 25.3 Å². The van der Waals surface area contributed by atoms with Crippen molar-refractivity contribution >= 4 is 17.7 Å². The predicted octanol–water partition coefficient (Wildman–Crippen LogP) is 2.55. The van der Waals surface area contributed by atoms with Gasteiger partial charge < -0.3 is 29.7 Å². The van der Waals surface area contributed by atoms with Gasteiger partial charge in [0.2, 0.25) is 5.91 Å². The molecule has 1 aliphatic carbocycles. The van der Waals surface area contributed by atoms with Gasteiger partial charge in [0, 0.05) is 50.1 Å².